The fourth-order valence-corrected chi connectivity index (χ4v) is 3.04. The SMILES string of the molecule is CCNC(=NCCc1ccc(OC)c(OC)c1OC)N(C)Cc1ccccc1.I. The Bertz CT molecular complexity index is 769. The van der Waals surface area contributed by atoms with Crippen LogP contribution in [0.3, 0.4) is 0 Å². The van der Waals surface area contributed by atoms with Crippen molar-refractivity contribution >= 4 is 29.9 Å². The van der Waals surface area contributed by atoms with Crippen molar-refractivity contribution in [3.63, 3.8) is 0 Å². The average molecular weight is 513 g/mol. The van der Waals surface area contributed by atoms with Crippen LogP contribution >= 0.6 is 24.0 Å². The van der Waals surface area contributed by atoms with Crippen LogP contribution in [0.2, 0.25) is 0 Å². The van der Waals surface area contributed by atoms with E-state index in [9.17, 15) is 0 Å². The zero-order valence-corrected chi connectivity index (χ0v) is 20.2. The van der Waals surface area contributed by atoms with Gasteiger partial charge in [0.25, 0.3) is 0 Å². The van der Waals surface area contributed by atoms with Crippen LogP contribution in [0, 0.1) is 0 Å². The lowest BCUT2D eigenvalue weighted by atomic mass is 10.1. The molecule has 7 heteroatoms. The van der Waals surface area contributed by atoms with Crippen LogP contribution in [0.25, 0.3) is 0 Å². The summed E-state index contributed by atoms with van der Waals surface area (Å²) >= 11 is 0. The molecule has 29 heavy (non-hydrogen) atoms. The Morgan fingerprint density at radius 1 is 0.966 bits per heavy atom. The maximum absolute atomic E-state index is 5.56. The molecule has 0 aromatic heterocycles. The molecule has 2 rings (SSSR count). The molecule has 0 amide bonds. The van der Waals surface area contributed by atoms with Crippen molar-refractivity contribution in [1.29, 1.82) is 0 Å². The lowest BCUT2D eigenvalue weighted by Gasteiger charge is -2.22. The zero-order valence-electron chi connectivity index (χ0n) is 17.9. The summed E-state index contributed by atoms with van der Waals surface area (Å²) in [5.41, 5.74) is 2.28. The van der Waals surface area contributed by atoms with Crippen molar-refractivity contribution < 1.29 is 14.2 Å². The molecular formula is C22H32IN3O3. The second kappa shape index (κ2) is 13.1. The monoisotopic (exact) mass is 513 g/mol. The van der Waals surface area contributed by atoms with E-state index in [1.807, 2.05) is 25.2 Å². The Labute approximate surface area is 191 Å². The number of hydrogen-bond donors (Lipinski definition) is 1. The van der Waals surface area contributed by atoms with Crippen molar-refractivity contribution in [2.24, 2.45) is 4.99 Å². The standard InChI is InChI=1S/C22H31N3O3.HI/c1-6-23-22(25(2)16-17-10-8-7-9-11-17)24-15-14-18-12-13-19(26-3)21(28-5)20(18)27-4;/h7-13H,6,14-16H2,1-5H3,(H,23,24);1H. The van der Waals surface area contributed by atoms with E-state index in [0.717, 1.165) is 31.0 Å². The van der Waals surface area contributed by atoms with Gasteiger partial charge in [0.1, 0.15) is 0 Å². The molecule has 160 valence electrons. The normalized spacial score (nSPS) is 10.7. The Morgan fingerprint density at radius 2 is 1.66 bits per heavy atom. The fourth-order valence-electron chi connectivity index (χ4n) is 3.04. The van der Waals surface area contributed by atoms with Crippen LogP contribution in [-0.4, -0.2) is 52.3 Å². The third-order valence-corrected chi connectivity index (χ3v) is 4.39. The molecule has 0 heterocycles. The molecule has 0 aliphatic rings. The predicted octanol–water partition coefficient (Wildman–Crippen LogP) is 3.97. The highest BCUT2D eigenvalue weighted by molar-refractivity contribution is 14.0. The Morgan fingerprint density at radius 3 is 2.24 bits per heavy atom. The number of ether oxygens (including phenoxy) is 3. The zero-order chi connectivity index (χ0) is 20.4. The van der Waals surface area contributed by atoms with Crippen molar-refractivity contribution in [2.75, 3.05) is 41.5 Å². The molecule has 0 saturated carbocycles. The summed E-state index contributed by atoms with van der Waals surface area (Å²) in [5, 5.41) is 3.36. The van der Waals surface area contributed by atoms with Crippen LogP contribution in [0.5, 0.6) is 17.2 Å². The van der Waals surface area contributed by atoms with E-state index in [2.05, 4.69) is 41.4 Å². The second-order valence-electron chi connectivity index (χ2n) is 6.32. The van der Waals surface area contributed by atoms with Crippen LogP contribution in [-0.2, 0) is 13.0 Å². The molecule has 0 aliphatic heterocycles. The lowest BCUT2D eigenvalue weighted by Crippen LogP contribution is -2.38. The summed E-state index contributed by atoms with van der Waals surface area (Å²) in [6.45, 7) is 4.32. The number of guanidine groups is 1. The van der Waals surface area contributed by atoms with E-state index < -0.39 is 0 Å². The molecule has 0 spiro atoms. The molecule has 2 aromatic carbocycles. The molecule has 0 bridgehead atoms. The van der Waals surface area contributed by atoms with Crippen LogP contribution < -0.4 is 19.5 Å². The highest BCUT2D eigenvalue weighted by atomic mass is 127. The molecule has 0 atom stereocenters. The van der Waals surface area contributed by atoms with Crippen molar-refractivity contribution in [2.45, 2.75) is 19.9 Å². The molecule has 2 aromatic rings. The van der Waals surface area contributed by atoms with Gasteiger partial charge in [-0.15, -0.1) is 24.0 Å². The third kappa shape index (κ3) is 6.99. The number of nitrogens with zero attached hydrogens (tertiary/aromatic N) is 2. The quantitative estimate of drug-likeness (QED) is 0.313. The van der Waals surface area contributed by atoms with E-state index in [-0.39, 0.29) is 24.0 Å². The molecule has 1 N–H and O–H groups in total. The van der Waals surface area contributed by atoms with Crippen molar-refractivity contribution in [3.8, 4) is 17.2 Å². The van der Waals surface area contributed by atoms with Gasteiger partial charge < -0.3 is 24.4 Å². The van der Waals surface area contributed by atoms with Crippen LogP contribution in [0.15, 0.2) is 47.5 Å². The Hall–Kier alpha value is -2.16. The average Bonchev–Trinajstić information content (AvgIpc) is 2.73. The minimum Gasteiger partial charge on any atom is -0.493 e. The highest BCUT2D eigenvalue weighted by Gasteiger charge is 2.15. The topological polar surface area (TPSA) is 55.3 Å². The van der Waals surface area contributed by atoms with Gasteiger partial charge in [-0.2, -0.15) is 0 Å². The number of rotatable bonds is 9. The van der Waals surface area contributed by atoms with E-state index in [0.29, 0.717) is 23.8 Å². The number of nitrogens with one attached hydrogen (secondary N) is 1. The van der Waals surface area contributed by atoms with Crippen molar-refractivity contribution in [1.82, 2.24) is 10.2 Å². The Kier molecular flexibility index (Phi) is 11.3. The first-order chi connectivity index (χ1) is 13.6. The summed E-state index contributed by atoms with van der Waals surface area (Å²) in [5.74, 6) is 2.84. The Balaban J connectivity index is 0.00000420. The second-order valence-corrected chi connectivity index (χ2v) is 6.32. The van der Waals surface area contributed by atoms with Gasteiger partial charge >= 0.3 is 0 Å². The molecule has 0 fully saturated rings. The van der Waals surface area contributed by atoms with Gasteiger partial charge in [0.2, 0.25) is 5.75 Å². The molecular weight excluding hydrogens is 481 g/mol. The van der Waals surface area contributed by atoms with E-state index >= 15 is 0 Å². The fraction of sp³-hybridized carbons (Fsp3) is 0.409. The number of hydrogen-bond acceptors (Lipinski definition) is 4. The number of benzene rings is 2. The summed E-state index contributed by atoms with van der Waals surface area (Å²) in [7, 11) is 6.92. The van der Waals surface area contributed by atoms with Crippen LogP contribution in [0.1, 0.15) is 18.1 Å². The summed E-state index contributed by atoms with van der Waals surface area (Å²) in [6.07, 6.45) is 0.734. The first kappa shape index (κ1) is 24.9. The third-order valence-electron chi connectivity index (χ3n) is 4.39. The van der Waals surface area contributed by atoms with Gasteiger partial charge in [-0.3, -0.25) is 4.99 Å². The largest absolute Gasteiger partial charge is 0.493 e. The van der Waals surface area contributed by atoms with E-state index in [1.54, 1.807) is 21.3 Å². The van der Waals surface area contributed by atoms with E-state index in [4.69, 9.17) is 19.2 Å². The lowest BCUT2D eigenvalue weighted by molar-refractivity contribution is 0.322. The molecule has 0 saturated heterocycles. The first-order valence-corrected chi connectivity index (χ1v) is 9.45. The number of aliphatic imine (C=N–C) groups is 1. The number of halogens is 1. The van der Waals surface area contributed by atoms with Crippen molar-refractivity contribution in [3.05, 3.63) is 53.6 Å². The van der Waals surface area contributed by atoms with Crippen LogP contribution in [0.4, 0.5) is 0 Å². The molecule has 0 aliphatic carbocycles. The minimum absolute atomic E-state index is 0. The van der Waals surface area contributed by atoms with Gasteiger partial charge in [0.15, 0.2) is 17.5 Å². The maximum Gasteiger partial charge on any atom is 0.203 e. The minimum atomic E-state index is 0. The smallest absolute Gasteiger partial charge is 0.203 e. The van der Waals surface area contributed by atoms with Gasteiger partial charge in [0, 0.05) is 32.2 Å². The summed E-state index contributed by atoms with van der Waals surface area (Å²) in [4.78, 5) is 6.91. The molecule has 6 nitrogen and oxygen atoms in total. The van der Waals surface area contributed by atoms with Gasteiger partial charge in [-0.25, -0.2) is 0 Å². The van der Waals surface area contributed by atoms with Gasteiger partial charge in [-0.1, -0.05) is 36.4 Å². The van der Waals surface area contributed by atoms with E-state index in [1.165, 1.54) is 5.56 Å². The predicted molar refractivity (Wildman–Crippen MR) is 129 cm³/mol. The summed E-state index contributed by atoms with van der Waals surface area (Å²) in [6, 6.07) is 14.3. The maximum atomic E-state index is 5.56. The molecule has 0 unspecified atom stereocenters. The first-order valence-electron chi connectivity index (χ1n) is 9.45. The van der Waals surface area contributed by atoms with Gasteiger partial charge in [-0.05, 0) is 25.0 Å². The summed E-state index contributed by atoms with van der Waals surface area (Å²) < 4.78 is 16.4. The number of methoxy groups -OCH3 is 3. The van der Waals surface area contributed by atoms with Gasteiger partial charge in [0.05, 0.1) is 21.3 Å². The molecule has 0 radical (unpaired) electrons. The highest BCUT2D eigenvalue weighted by Crippen LogP contribution is 2.39.